The Morgan fingerprint density at radius 2 is 2.04 bits per heavy atom. The fraction of sp³-hybridized carbons (Fsp3) is 0.278. The van der Waals surface area contributed by atoms with Gasteiger partial charge in [0, 0.05) is 18.7 Å². The lowest BCUT2D eigenvalue weighted by Crippen LogP contribution is -2.27. The van der Waals surface area contributed by atoms with Gasteiger partial charge in [0.2, 0.25) is 0 Å². The van der Waals surface area contributed by atoms with Crippen LogP contribution in [0.4, 0.5) is 4.39 Å². The van der Waals surface area contributed by atoms with Crippen molar-refractivity contribution in [1.29, 1.82) is 0 Å². The molecule has 0 radical (unpaired) electrons. The van der Waals surface area contributed by atoms with Gasteiger partial charge in [-0.05, 0) is 48.7 Å². The summed E-state index contributed by atoms with van der Waals surface area (Å²) in [5, 5.41) is 12.3. The largest absolute Gasteiger partial charge is 0.497 e. The number of hydrogen-bond donors (Lipinski definition) is 2. The molecule has 2 aromatic rings. The van der Waals surface area contributed by atoms with Crippen LogP contribution in [0, 0.1) is 5.82 Å². The fourth-order valence-electron chi connectivity index (χ4n) is 2.39. The van der Waals surface area contributed by atoms with E-state index in [2.05, 4.69) is 5.32 Å². The van der Waals surface area contributed by atoms with Crippen molar-refractivity contribution in [1.82, 2.24) is 5.32 Å². The standard InChI is InChI=1S/C18H20FNO3/c1-12(6-14-8-16(19)10-17(9-14)23-2)20-11-13-4-3-5-15(7-13)18(21)22/h3-5,7-10,12,20H,6,11H2,1-2H3,(H,21,22). The first kappa shape index (κ1) is 17.0. The van der Waals surface area contributed by atoms with Crippen molar-refractivity contribution in [2.75, 3.05) is 7.11 Å². The van der Waals surface area contributed by atoms with E-state index in [-0.39, 0.29) is 17.4 Å². The minimum absolute atomic E-state index is 0.106. The molecule has 0 aliphatic carbocycles. The molecule has 5 heteroatoms. The van der Waals surface area contributed by atoms with Crippen LogP contribution in [0.5, 0.6) is 5.75 Å². The molecule has 0 spiro atoms. The highest BCUT2D eigenvalue weighted by atomic mass is 19.1. The normalized spacial score (nSPS) is 12.0. The first-order chi connectivity index (χ1) is 11.0. The molecule has 2 rings (SSSR count). The van der Waals surface area contributed by atoms with Gasteiger partial charge in [0.05, 0.1) is 12.7 Å². The van der Waals surface area contributed by atoms with Crippen molar-refractivity contribution in [2.45, 2.75) is 25.9 Å². The molecule has 122 valence electrons. The lowest BCUT2D eigenvalue weighted by Gasteiger charge is -2.15. The van der Waals surface area contributed by atoms with Gasteiger partial charge in [-0.2, -0.15) is 0 Å². The quantitative estimate of drug-likeness (QED) is 0.823. The Bertz CT molecular complexity index is 688. The predicted octanol–water partition coefficient (Wildman–Crippen LogP) is 3.25. The molecule has 0 saturated carbocycles. The van der Waals surface area contributed by atoms with E-state index in [1.54, 1.807) is 18.2 Å². The molecule has 0 fully saturated rings. The number of ether oxygens (including phenoxy) is 1. The summed E-state index contributed by atoms with van der Waals surface area (Å²) in [6, 6.07) is 11.6. The van der Waals surface area contributed by atoms with Crippen molar-refractivity contribution >= 4 is 5.97 Å². The minimum atomic E-state index is -0.938. The number of rotatable bonds is 7. The Labute approximate surface area is 134 Å². The van der Waals surface area contributed by atoms with Crippen LogP contribution in [-0.2, 0) is 13.0 Å². The third kappa shape index (κ3) is 5.07. The molecule has 4 nitrogen and oxygen atoms in total. The molecule has 0 aliphatic heterocycles. The van der Waals surface area contributed by atoms with Crippen LogP contribution in [0.15, 0.2) is 42.5 Å². The third-order valence-electron chi connectivity index (χ3n) is 3.54. The van der Waals surface area contributed by atoms with E-state index in [0.717, 1.165) is 11.1 Å². The summed E-state index contributed by atoms with van der Waals surface area (Å²) < 4.78 is 18.5. The van der Waals surface area contributed by atoms with Gasteiger partial charge in [0.1, 0.15) is 11.6 Å². The lowest BCUT2D eigenvalue weighted by atomic mass is 10.1. The van der Waals surface area contributed by atoms with Crippen LogP contribution < -0.4 is 10.1 Å². The maximum absolute atomic E-state index is 13.5. The van der Waals surface area contributed by atoms with Gasteiger partial charge in [0.15, 0.2) is 0 Å². The first-order valence-electron chi connectivity index (χ1n) is 7.37. The van der Waals surface area contributed by atoms with Gasteiger partial charge in [-0.15, -0.1) is 0 Å². The van der Waals surface area contributed by atoms with E-state index in [1.165, 1.54) is 19.2 Å². The molecule has 1 unspecified atom stereocenters. The van der Waals surface area contributed by atoms with Crippen LogP contribution in [0.3, 0.4) is 0 Å². The minimum Gasteiger partial charge on any atom is -0.497 e. The average molecular weight is 317 g/mol. The summed E-state index contributed by atoms with van der Waals surface area (Å²) >= 11 is 0. The van der Waals surface area contributed by atoms with E-state index in [1.807, 2.05) is 19.1 Å². The van der Waals surface area contributed by atoms with Gasteiger partial charge >= 0.3 is 5.97 Å². The Morgan fingerprint density at radius 3 is 2.74 bits per heavy atom. The molecule has 2 N–H and O–H groups in total. The molecule has 0 aromatic heterocycles. The highest BCUT2D eigenvalue weighted by Gasteiger charge is 2.08. The second kappa shape index (κ2) is 7.74. The third-order valence-corrected chi connectivity index (χ3v) is 3.54. The molecule has 0 aliphatic rings. The molecule has 0 saturated heterocycles. The lowest BCUT2D eigenvalue weighted by molar-refractivity contribution is 0.0696. The monoisotopic (exact) mass is 317 g/mol. The zero-order valence-electron chi connectivity index (χ0n) is 13.2. The summed E-state index contributed by atoms with van der Waals surface area (Å²) in [5.41, 5.74) is 2.02. The predicted molar refractivity (Wildman–Crippen MR) is 86.4 cm³/mol. The number of nitrogens with one attached hydrogen (secondary N) is 1. The fourth-order valence-corrected chi connectivity index (χ4v) is 2.39. The van der Waals surface area contributed by atoms with Crippen LogP contribution in [-0.4, -0.2) is 24.2 Å². The highest BCUT2D eigenvalue weighted by molar-refractivity contribution is 5.87. The van der Waals surface area contributed by atoms with E-state index >= 15 is 0 Å². The maximum atomic E-state index is 13.5. The van der Waals surface area contributed by atoms with Gasteiger partial charge in [-0.3, -0.25) is 0 Å². The number of carboxylic acid groups (broad SMARTS) is 1. The summed E-state index contributed by atoms with van der Waals surface area (Å²) in [6.07, 6.45) is 0.646. The van der Waals surface area contributed by atoms with Crippen LogP contribution in [0.1, 0.15) is 28.4 Å². The van der Waals surface area contributed by atoms with E-state index < -0.39 is 5.97 Å². The molecule has 23 heavy (non-hydrogen) atoms. The number of carboxylic acids is 1. The molecule has 0 heterocycles. The van der Waals surface area contributed by atoms with Gasteiger partial charge in [0.25, 0.3) is 0 Å². The first-order valence-corrected chi connectivity index (χ1v) is 7.37. The Balaban J connectivity index is 1.95. The van der Waals surface area contributed by atoms with Crippen molar-refractivity contribution in [3.05, 3.63) is 65.0 Å². The van der Waals surface area contributed by atoms with Gasteiger partial charge in [-0.25, -0.2) is 9.18 Å². The molecule has 0 bridgehead atoms. The zero-order valence-corrected chi connectivity index (χ0v) is 13.2. The summed E-state index contributed by atoms with van der Waals surface area (Å²) in [5.74, 6) is -0.756. The Hall–Kier alpha value is -2.40. The molecule has 0 amide bonds. The molecular formula is C18H20FNO3. The van der Waals surface area contributed by atoms with Crippen LogP contribution in [0.25, 0.3) is 0 Å². The van der Waals surface area contributed by atoms with Crippen LogP contribution >= 0.6 is 0 Å². The van der Waals surface area contributed by atoms with E-state index in [0.29, 0.717) is 18.7 Å². The molecular weight excluding hydrogens is 297 g/mol. The summed E-state index contributed by atoms with van der Waals surface area (Å²) in [4.78, 5) is 11.0. The number of carbonyl (C=O) groups is 1. The van der Waals surface area contributed by atoms with E-state index in [9.17, 15) is 9.18 Å². The second-order valence-corrected chi connectivity index (χ2v) is 5.49. The SMILES string of the molecule is COc1cc(F)cc(CC(C)NCc2cccc(C(=O)O)c2)c1. The molecule has 1 atom stereocenters. The maximum Gasteiger partial charge on any atom is 0.335 e. The number of benzene rings is 2. The topological polar surface area (TPSA) is 58.6 Å². The van der Waals surface area contributed by atoms with E-state index in [4.69, 9.17) is 9.84 Å². The van der Waals surface area contributed by atoms with Gasteiger partial charge in [-0.1, -0.05) is 12.1 Å². The molecule has 2 aromatic carbocycles. The second-order valence-electron chi connectivity index (χ2n) is 5.49. The van der Waals surface area contributed by atoms with Crippen molar-refractivity contribution < 1.29 is 19.0 Å². The number of halogens is 1. The van der Waals surface area contributed by atoms with Crippen molar-refractivity contribution in [3.63, 3.8) is 0 Å². The number of aromatic carboxylic acids is 1. The Kier molecular flexibility index (Phi) is 5.71. The number of methoxy groups -OCH3 is 1. The summed E-state index contributed by atoms with van der Waals surface area (Å²) in [6.45, 7) is 2.55. The van der Waals surface area contributed by atoms with Crippen molar-refractivity contribution in [2.24, 2.45) is 0 Å². The van der Waals surface area contributed by atoms with Gasteiger partial charge < -0.3 is 15.2 Å². The van der Waals surface area contributed by atoms with Crippen molar-refractivity contribution in [3.8, 4) is 5.75 Å². The Morgan fingerprint density at radius 1 is 1.26 bits per heavy atom. The highest BCUT2D eigenvalue weighted by Crippen LogP contribution is 2.17. The zero-order chi connectivity index (χ0) is 16.8. The number of hydrogen-bond acceptors (Lipinski definition) is 3. The average Bonchev–Trinajstić information content (AvgIpc) is 2.52. The summed E-state index contributed by atoms with van der Waals surface area (Å²) in [7, 11) is 1.51. The smallest absolute Gasteiger partial charge is 0.335 e. The van der Waals surface area contributed by atoms with Crippen LogP contribution in [0.2, 0.25) is 0 Å².